The number of methoxy groups -OCH3 is 1. The number of hydrogen-bond acceptors (Lipinski definition) is 3. The standard InChI is InChI=1S/C14H17Cl2N3O/c1-20-6-5-17-7-11-8-18-19(9-11)10-12-13(15)3-2-4-14(12)16/h2-4,8-9,17H,5-7,10H2,1H3. The lowest BCUT2D eigenvalue weighted by Gasteiger charge is -2.06. The monoisotopic (exact) mass is 313 g/mol. The van der Waals surface area contributed by atoms with Gasteiger partial charge in [-0.05, 0) is 12.1 Å². The average Bonchev–Trinajstić information content (AvgIpc) is 2.87. The van der Waals surface area contributed by atoms with E-state index in [0.717, 1.165) is 24.2 Å². The SMILES string of the molecule is COCCNCc1cnn(Cc2c(Cl)cccc2Cl)c1. The number of halogens is 2. The minimum atomic E-state index is 0.566. The Hall–Kier alpha value is -1.07. The van der Waals surface area contributed by atoms with Gasteiger partial charge < -0.3 is 10.1 Å². The van der Waals surface area contributed by atoms with E-state index in [1.807, 2.05) is 35.3 Å². The summed E-state index contributed by atoms with van der Waals surface area (Å²) in [7, 11) is 1.69. The van der Waals surface area contributed by atoms with E-state index >= 15 is 0 Å². The molecule has 4 nitrogen and oxygen atoms in total. The Morgan fingerprint density at radius 1 is 1.30 bits per heavy atom. The van der Waals surface area contributed by atoms with E-state index in [2.05, 4.69) is 10.4 Å². The predicted molar refractivity (Wildman–Crippen MR) is 81.4 cm³/mol. The van der Waals surface area contributed by atoms with Gasteiger partial charge in [0.1, 0.15) is 0 Å². The number of aromatic nitrogens is 2. The van der Waals surface area contributed by atoms with Crippen LogP contribution in [-0.4, -0.2) is 30.0 Å². The highest BCUT2D eigenvalue weighted by Gasteiger charge is 2.07. The number of ether oxygens (including phenoxy) is 1. The fraction of sp³-hybridized carbons (Fsp3) is 0.357. The van der Waals surface area contributed by atoms with Gasteiger partial charge in [-0.25, -0.2) is 0 Å². The molecule has 1 aromatic carbocycles. The van der Waals surface area contributed by atoms with Gasteiger partial charge in [-0.2, -0.15) is 5.10 Å². The Morgan fingerprint density at radius 3 is 2.75 bits per heavy atom. The molecule has 1 heterocycles. The molecule has 0 aliphatic carbocycles. The van der Waals surface area contributed by atoms with Gasteiger partial charge in [0.15, 0.2) is 0 Å². The van der Waals surface area contributed by atoms with Crippen molar-refractivity contribution in [3.63, 3.8) is 0 Å². The summed E-state index contributed by atoms with van der Waals surface area (Å²) in [6, 6.07) is 5.50. The zero-order valence-electron chi connectivity index (χ0n) is 11.3. The van der Waals surface area contributed by atoms with Crippen molar-refractivity contribution in [3.8, 4) is 0 Å². The molecule has 20 heavy (non-hydrogen) atoms. The summed E-state index contributed by atoms with van der Waals surface area (Å²) >= 11 is 12.3. The van der Waals surface area contributed by atoms with E-state index in [9.17, 15) is 0 Å². The van der Waals surface area contributed by atoms with Crippen LogP contribution >= 0.6 is 23.2 Å². The van der Waals surface area contributed by atoms with Crippen LogP contribution < -0.4 is 5.32 Å². The first-order valence-electron chi connectivity index (χ1n) is 6.34. The molecule has 1 N–H and O–H groups in total. The summed E-state index contributed by atoms with van der Waals surface area (Å²) in [5.41, 5.74) is 2.00. The van der Waals surface area contributed by atoms with Crippen LogP contribution in [0, 0.1) is 0 Å². The Morgan fingerprint density at radius 2 is 2.05 bits per heavy atom. The van der Waals surface area contributed by atoms with Crippen LogP contribution in [0.25, 0.3) is 0 Å². The lowest BCUT2D eigenvalue weighted by Crippen LogP contribution is -2.18. The molecule has 0 saturated heterocycles. The van der Waals surface area contributed by atoms with E-state index in [1.54, 1.807) is 7.11 Å². The van der Waals surface area contributed by atoms with Gasteiger partial charge in [-0.15, -0.1) is 0 Å². The zero-order valence-corrected chi connectivity index (χ0v) is 12.8. The first-order valence-corrected chi connectivity index (χ1v) is 7.10. The van der Waals surface area contributed by atoms with Crippen LogP contribution in [0.15, 0.2) is 30.6 Å². The molecule has 1 aromatic heterocycles. The van der Waals surface area contributed by atoms with E-state index in [-0.39, 0.29) is 0 Å². The summed E-state index contributed by atoms with van der Waals surface area (Å²) in [4.78, 5) is 0. The van der Waals surface area contributed by atoms with Crippen molar-refractivity contribution in [1.29, 1.82) is 0 Å². The summed E-state index contributed by atoms with van der Waals surface area (Å²) in [6.07, 6.45) is 3.82. The minimum Gasteiger partial charge on any atom is -0.383 e. The fourth-order valence-electron chi connectivity index (χ4n) is 1.84. The predicted octanol–water partition coefficient (Wildman–Crippen LogP) is 2.97. The Labute approximate surface area is 128 Å². The third-order valence-corrected chi connectivity index (χ3v) is 3.59. The topological polar surface area (TPSA) is 39.1 Å². The molecule has 108 valence electrons. The number of nitrogens with one attached hydrogen (secondary N) is 1. The van der Waals surface area contributed by atoms with Gasteiger partial charge in [-0.1, -0.05) is 29.3 Å². The number of rotatable bonds is 7. The third kappa shape index (κ3) is 4.21. The van der Waals surface area contributed by atoms with Crippen LogP contribution in [0.2, 0.25) is 10.0 Å². The van der Waals surface area contributed by atoms with Crippen LogP contribution in [0.3, 0.4) is 0 Å². The first-order chi connectivity index (χ1) is 9.70. The van der Waals surface area contributed by atoms with Crippen LogP contribution in [-0.2, 0) is 17.8 Å². The van der Waals surface area contributed by atoms with Crippen LogP contribution in [0.1, 0.15) is 11.1 Å². The number of hydrogen-bond donors (Lipinski definition) is 1. The van der Waals surface area contributed by atoms with Gasteiger partial charge >= 0.3 is 0 Å². The maximum atomic E-state index is 6.15. The number of nitrogens with zero attached hydrogens (tertiary/aromatic N) is 2. The van der Waals surface area contributed by atoms with E-state index in [4.69, 9.17) is 27.9 Å². The first kappa shape index (κ1) is 15.3. The molecule has 0 aliphatic rings. The van der Waals surface area contributed by atoms with Gasteiger partial charge in [0, 0.05) is 47.6 Å². The maximum absolute atomic E-state index is 6.15. The molecule has 6 heteroatoms. The lowest BCUT2D eigenvalue weighted by molar-refractivity contribution is 0.199. The van der Waals surface area contributed by atoms with Crippen molar-refractivity contribution in [2.24, 2.45) is 0 Å². The Kier molecular flexibility index (Phi) is 5.86. The largest absolute Gasteiger partial charge is 0.383 e. The molecule has 0 aliphatic heterocycles. The number of benzene rings is 1. The molecule has 2 rings (SSSR count). The fourth-order valence-corrected chi connectivity index (χ4v) is 2.35. The van der Waals surface area contributed by atoms with E-state index in [1.165, 1.54) is 0 Å². The zero-order chi connectivity index (χ0) is 14.4. The summed E-state index contributed by atoms with van der Waals surface area (Å²) in [5.74, 6) is 0. The molecule has 0 bridgehead atoms. The van der Waals surface area contributed by atoms with Gasteiger partial charge in [0.05, 0.1) is 19.3 Å². The van der Waals surface area contributed by atoms with Crippen molar-refractivity contribution in [2.75, 3.05) is 20.3 Å². The molecule has 0 fully saturated rings. The minimum absolute atomic E-state index is 0.566. The van der Waals surface area contributed by atoms with Crippen molar-refractivity contribution < 1.29 is 4.74 Å². The molecule has 0 amide bonds. The molecule has 0 atom stereocenters. The molecule has 0 unspecified atom stereocenters. The quantitative estimate of drug-likeness (QED) is 0.799. The van der Waals surface area contributed by atoms with E-state index in [0.29, 0.717) is 23.2 Å². The average molecular weight is 314 g/mol. The normalized spacial score (nSPS) is 10.9. The smallest absolute Gasteiger partial charge is 0.0688 e. The molecule has 2 aromatic rings. The molecule has 0 radical (unpaired) electrons. The summed E-state index contributed by atoms with van der Waals surface area (Å²) in [5, 5.41) is 8.91. The van der Waals surface area contributed by atoms with Crippen LogP contribution in [0.5, 0.6) is 0 Å². The molecular formula is C14H17Cl2N3O. The van der Waals surface area contributed by atoms with Crippen molar-refractivity contribution in [3.05, 3.63) is 51.8 Å². The highest BCUT2D eigenvalue weighted by molar-refractivity contribution is 6.35. The molecule has 0 saturated carbocycles. The highest BCUT2D eigenvalue weighted by atomic mass is 35.5. The highest BCUT2D eigenvalue weighted by Crippen LogP contribution is 2.24. The Balaban J connectivity index is 1.96. The van der Waals surface area contributed by atoms with Crippen LogP contribution in [0.4, 0.5) is 0 Å². The third-order valence-electron chi connectivity index (χ3n) is 2.88. The molecular weight excluding hydrogens is 297 g/mol. The van der Waals surface area contributed by atoms with Crippen molar-refractivity contribution >= 4 is 23.2 Å². The van der Waals surface area contributed by atoms with Crippen molar-refractivity contribution in [2.45, 2.75) is 13.1 Å². The van der Waals surface area contributed by atoms with Crippen molar-refractivity contribution in [1.82, 2.24) is 15.1 Å². The van der Waals surface area contributed by atoms with Gasteiger partial charge in [0.2, 0.25) is 0 Å². The second-order valence-corrected chi connectivity index (χ2v) is 5.23. The van der Waals surface area contributed by atoms with Gasteiger partial charge in [0.25, 0.3) is 0 Å². The molecule has 0 spiro atoms. The summed E-state index contributed by atoms with van der Waals surface area (Å²) < 4.78 is 6.81. The van der Waals surface area contributed by atoms with Gasteiger partial charge in [-0.3, -0.25) is 4.68 Å². The summed E-state index contributed by atoms with van der Waals surface area (Å²) in [6.45, 7) is 2.84. The van der Waals surface area contributed by atoms with E-state index < -0.39 is 0 Å². The Bertz CT molecular complexity index is 537. The lowest BCUT2D eigenvalue weighted by atomic mass is 10.2. The second kappa shape index (κ2) is 7.64. The maximum Gasteiger partial charge on any atom is 0.0688 e. The second-order valence-electron chi connectivity index (χ2n) is 4.42.